The van der Waals surface area contributed by atoms with E-state index in [0.29, 0.717) is 30.8 Å². The van der Waals surface area contributed by atoms with Crippen molar-refractivity contribution in [3.8, 4) is 16.9 Å². The molecule has 0 spiro atoms. The number of ether oxygens (including phenoxy) is 2. The van der Waals surface area contributed by atoms with Crippen LogP contribution in [0.2, 0.25) is 5.02 Å². The number of carbonyl (C=O) groups is 1. The molecule has 5 nitrogen and oxygen atoms in total. The second-order valence-electron chi connectivity index (χ2n) is 5.53. The van der Waals surface area contributed by atoms with Crippen LogP contribution in [0.5, 0.6) is 5.75 Å². The Morgan fingerprint density at radius 1 is 1.27 bits per heavy atom. The number of rotatable bonds is 10. The molecule has 1 aromatic heterocycles. The second kappa shape index (κ2) is 10.0. The molecule has 0 aliphatic carbocycles. The molecule has 0 fully saturated rings. The zero-order valence-electron chi connectivity index (χ0n) is 14.2. The Balaban J connectivity index is 2.16. The third-order valence-electron chi connectivity index (χ3n) is 3.60. The molecule has 26 heavy (non-hydrogen) atoms. The number of hydrogen-bond donors (Lipinski definition) is 0. The van der Waals surface area contributed by atoms with Crippen LogP contribution < -0.4 is 4.74 Å². The Morgan fingerprint density at radius 2 is 2.08 bits per heavy atom. The number of carbonyl (C=O) groups excluding carboxylic acids is 1. The standard InChI is InChI=1S/C18H19ClF2N2O3/c1-25-6-2-5-23(12-24)11-13-7-15(10-22-9-13)14-3-4-16(19)17(8-14)26-18(20)21/h3-4,7-10,12,18H,2,5-6,11H2,1H3. The quantitative estimate of drug-likeness (QED) is 0.459. The van der Waals surface area contributed by atoms with Crippen molar-refractivity contribution in [2.75, 3.05) is 20.3 Å². The van der Waals surface area contributed by atoms with Gasteiger partial charge in [0.2, 0.25) is 6.41 Å². The number of pyridine rings is 1. The smallest absolute Gasteiger partial charge is 0.387 e. The molecular formula is C18H19ClF2N2O3. The van der Waals surface area contributed by atoms with E-state index in [1.54, 1.807) is 30.5 Å². The number of aromatic nitrogens is 1. The fourth-order valence-electron chi connectivity index (χ4n) is 2.42. The summed E-state index contributed by atoms with van der Waals surface area (Å²) in [6.07, 6.45) is 4.77. The van der Waals surface area contributed by atoms with Crippen molar-refractivity contribution in [2.24, 2.45) is 0 Å². The molecule has 1 amide bonds. The van der Waals surface area contributed by atoms with Crippen LogP contribution in [-0.4, -0.2) is 43.2 Å². The third kappa shape index (κ3) is 5.93. The summed E-state index contributed by atoms with van der Waals surface area (Å²) in [7, 11) is 1.61. The molecule has 0 N–H and O–H groups in total. The maximum atomic E-state index is 12.5. The summed E-state index contributed by atoms with van der Waals surface area (Å²) in [5, 5.41) is 0.100. The molecule has 0 saturated heterocycles. The largest absolute Gasteiger partial charge is 0.433 e. The normalized spacial score (nSPS) is 10.8. The van der Waals surface area contributed by atoms with Gasteiger partial charge < -0.3 is 14.4 Å². The minimum absolute atomic E-state index is 0.0985. The van der Waals surface area contributed by atoms with Crippen LogP contribution in [0, 0.1) is 0 Å². The van der Waals surface area contributed by atoms with Crippen LogP contribution >= 0.6 is 11.6 Å². The van der Waals surface area contributed by atoms with Crippen molar-refractivity contribution in [1.29, 1.82) is 0 Å². The summed E-state index contributed by atoms with van der Waals surface area (Å²) < 4.78 is 34.3. The SMILES string of the molecule is COCCCN(C=O)Cc1cncc(-c2ccc(Cl)c(OC(F)F)c2)c1. The first-order chi connectivity index (χ1) is 12.5. The van der Waals surface area contributed by atoms with Crippen LogP contribution in [0.4, 0.5) is 8.78 Å². The highest BCUT2D eigenvalue weighted by Gasteiger charge is 2.11. The van der Waals surface area contributed by atoms with Crippen molar-refractivity contribution in [3.63, 3.8) is 0 Å². The monoisotopic (exact) mass is 384 g/mol. The van der Waals surface area contributed by atoms with Gasteiger partial charge in [-0.05, 0) is 35.7 Å². The van der Waals surface area contributed by atoms with Gasteiger partial charge in [0.05, 0.1) is 5.02 Å². The molecule has 0 aliphatic rings. The first-order valence-electron chi connectivity index (χ1n) is 7.90. The van der Waals surface area contributed by atoms with Gasteiger partial charge in [0.15, 0.2) is 0 Å². The molecule has 8 heteroatoms. The van der Waals surface area contributed by atoms with Gasteiger partial charge in [0, 0.05) is 44.8 Å². The lowest BCUT2D eigenvalue weighted by Crippen LogP contribution is -2.23. The van der Waals surface area contributed by atoms with Crippen LogP contribution in [0.15, 0.2) is 36.7 Å². The van der Waals surface area contributed by atoms with E-state index in [-0.39, 0.29) is 10.8 Å². The Bertz CT molecular complexity index is 731. The maximum absolute atomic E-state index is 12.5. The molecule has 0 bridgehead atoms. The molecular weight excluding hydrogens is 366 g/mol. The van der Waals surface area contributed by atoms with Gasteiger partial charge in [-0.1, -0.05) is 17.7 Å². The van der Waals surface area contributed by atoms with Crippen molar-refractivity contribution in [1.82, 2.24) is 9.88 Å². The molecule has 0 radical (unpaired) electrons. The van der Waals surface area contributed by atoms with E-state index in [1.807, 2.05) is 6.07 Å². The van der Waals surface area contributed by atoms with E-state index in [2.05, 4.69) is 9.72 Å². The summed E-state index contributed by atoms with van der Waals surface area (Å²) in [5.74, 6) is -0.0985. The van der Waals surface area contributed by atoms with E-state index in [1.165, 1.54) is 12.1 Å². The number of methoxy groups -OCH3 is 1. The Labute approximate surface area is 155 Å². The van der Waals surface area contributed by atoms with Crippen LogP contribution in [0.25, 0.3) is 11.1 Å². The second-order valence-corrected chi connectivity index (χ2v) is 5.94. The third-order valence-corrected chi connectivity index (χ3v) is 3.92. The van der Waals surface area contributed by atoms with Crippen LogP contribution in [0.3, 0.4) is 0 Å². The molecule has 2 rings (SSSR count). The summed E-state index contributed by atoms with van der Waals surface area (Å²) in [6, 6.07) is 6.46. The highest BCUT2D eigenvalue weighted by molar-refractivity contribution is 6.32. The first-order valence-corrected chi connectivity index (χ1v) is 8.28. The maximum Gasteiger partial charge on any atom is 0.387 e. The molecule has 2 aromatic rings. The summed E-state index contributed by atoms with van der Waals surface area (Å²) in [6.45, 7) is -1.43. The molecule has 0 aliphatic heterocycles. The number of halogens is 3. The minimum Gasteiger partial charge on any atom is -0.433 e. The summed E-state index contributed by atoms with van der Waals surface area (Å²) >= 11 is 5.88. The van der Waals surface area contributed by atoms with E-state index < -0.39 is 6.61 Å². The summed E-state index contributed by atoms with van der Waals surface area (Å²) in [4.78, 5) is 17.0. The Morgan fingerprint density at radius 3 is 2.77 bits per heavy atom. The molecule has 0 saturated carbocycles. The lowest BCUT2D eigenvalue weighted by Gasteiger charge is -2.17. The zero-order valence-corrected chi connectivity index (χ0v) is 15.0. The molecule has 0 unspecified atom stereocenters. The van der Waals surface area contributed by atoms with Crippen LogP contribution in [0.1, 0.15) is 12.0 Å². The van der Waals surface area contributed by atoms with Crippen molar-refractivity contribution in [3.05, 3.63) is 47.2 Å². The highest BCUT2D eigenvalue weighted by Crippen LogP contribution is 2.31. The van der Waals surface area contributed by atoms with Gasteiger partial charge >= 0.3 is 6.61 Å². The molecule has 140 valence electrons. The van der Waals surface area contributed by atoms with E-state index in [4.69, 9.17) is 16.3 Å². The number of nitrogens with zero attached hydrogens (tertiary/aromatic N) is 2. The van der Waals surface area contributed by atoms with E-state index in [9.17, 15) is 13.6 Å². The molecule has 1 heterocycles. The average Bonchev–Trinajstić information content (AvgIpc) is 2.62. The van der Waals surface area contributed by atoms with Gasteiger partial charge in [-0.25, -0.2) is 0 Å². The van der Waals surface area contributed by atoms with Crippen molar-refractivity contribution >= 4 is 18.0 Å². The van der Waals surface area contributed by atoms with E-state index >= 15 is 0 Å². The molecule has 0 atom stereocenters. The lowest BCUT2D eigenvalue weighted by molar-refractivity contribution is -0.118. The number of hydrogen-bond acceptors (Lipinski definition) is 4. The topological polar surface area (TPSA) is 51.7 Å². The average molecular weight is 385 g/mol. The Kier molecular flexibility index (Phi) is 7.74. The predicted molar refractivity (Wildman–Crippen MR) is 94.3 cm³/mol. The zero-order chi connectivity index (χ0) is 18.9. The number of alkyl halides is 2. The number of amides is 1. The fourth-order valence-corrected chi connectivity index (χ4v) is 2.58. The molecule has 1 aromatic carbocycles. The van der Waals surface area contributed by atoms with E-state index in [0.717, 1.165) is 18.4 Å². The predicted octanol–water partition coefficient (Wildman–Crippen LogP) is 4.00. The van der Waals surface area contributed by atoms with Crippen molar-refractivity contribution < 1.29 is 23.0 Å². The summed E-state index contributed by atoms with van der Waals surface area (Å²) in [5.41, 5.74) is 2.16. The van der Waals surface area contributed by atoms with Crippen LogP contribution in [-0.2, 0) is 16.1 Å². The van der Waals surface area contributed by atoms with Gasteiger partial charge in [-0.2, -0.15) is 8.78 Å². The Hall–Kier alpha value is -2.25. The first kappa shape index (κ1) is 20.1. The van der Waals surface area contributed by atoms with Gasteiger partial charge in [0.1, 0.15) is 5.75 Å². The van der Waals surface area contributed by atoms with Crippen molar-refractivity contribution in [2.45, 2.75) is 19.6 Å². The highest BCUT2D eigenvalue weighted by atomic mass is 35.5. The van der Waals surface area contributed by atoms with Gasteiger partial charge in [-0.3, -0.25) is 9.78 Å². The van der Waals surface area contributed by atoms with Gasteiger partial charge in [-0.15, -0.1) is 0 Å². The number of benzene rings is 1. The fraction of sp³-hybridized carbons (Fsp3) is 0.333. The van der Waals surface area contributed by atoms with Gasteiger partial charge in [0.25, 0.3) is 0 Å². The lowest BCUT2D eigenvalue weighted by atomic mass is 10.1. The minimum atomic E-state index is -2.96.